The van der Waals surface area contributed by atoms with Crippen LogP contribution < -0.4 is 16.1 Å². The third-order valence-electron chi connectivity index (χ3n) is 7.58. The Bertz CT molecular complexity index is 1630. The van der Waals surface area contributed by atoms with E-state index in [0.29, 0.717) is 26.2 Å². The Kier molecular flexibility index (Phi) is 8.58. The van der Waals surface area contributed by atoms with Crippen molar-refractivity contribution in [3.63, 3.8) is 0 Å². The lowest BCUT2D eigenvalue weighted by Gasteiger charge is -2.35. The van der Waals surface area contributed by atoms with Crippen molar-refractivity contribution in [1.29, 1.82) is 0 Å². The van der Waals surface area contributed by atoms with E-state index in [1.807, 2.05) is 67.6 Å². The summed E-state index contributed by atoms with van der Waals surface area (Å²) >= 11 is 0. The molecule has 3 aromatic carbocycles. The number of rotatable bonds is 8. The van der Waals surface area contributed by atoms with E-state index in [1.54, 1.807) is 4.90 Å². The van der Waals surface area contributed by atoms with Crippen LogP contribution in [0.25, 0.3) is 0 Å². The van der Waals surface area contributed by atoms with Crippen molar-refractivity contribution in [2.45, 2.75) is 38.7 Å². The molecule has 2 heterocycles. The maximum atomic E-state index is 14.8. The molecule has 0 spiro atoms. The average molecular weight is 582 g/mol. The highest BCUT2D eigenvalue weighted by Crippen LogP contribution is 2.33. The fourth-order valence-electron chi connectivity index (χ4n) is 5.26. The van der Waals surface area contributed by atoms with E-state index in [9.17, 15) is 27.2 Å². The molecular formula is C31H31F4N5O2. The molecule has 0 amide bonds. The van der Waals surface area contributed by atoms with Gasteiger partial charge in [0.15, 0.2) is 0 Å². The molecule has 11 heteroatoms. The quantitative estimate of drug-likeness (QED) is 0.282. The third-order valence-corrected chi connectivity index (χ3v) is 7.58. The van der Waals surface area contributed by atoms with Gasteiger partial charge in [0.05, 0.1) is 12.1 Å². The van der Waals surface area contributed by atoms with Gasteiger partial charge in [-0.25, -0.2) is 13.9 Å². The molecule has 1 aromatic heterocycles. The smallest absolute Gasteiger partial charge is 0.348 e. The van der Waals surface area contributed by atoms with E-state index >= 15 is 0 Å². The summed E-state index contributed by atoms with van der Waals surface area (Å²) in [6.45, 7) is 3.86. The lowest BCUT2D eigenvalue weighted by atomic mass is 10.0. The van der Waals surface area contributed by atoms with Gasteiger partial charge in [0.1, 0.15) is 5.82 Å². The van der Waals surface area contributed by atoms with Crippen LogP contribution in [0.1, 0.15) is 35.1 Å². The second-order valence-corrected chi connectivity index (χ2v) is 10.5. The SMILES string of the molecule is C[C@@H](Cn1c(=O)c(N2CCN(Cc3ccccc3)CC2)nn(Cc2c(F)cccc2C(F)(F)F)c1=O)c1ccccc1. The number of nitrogens with zero attached hydrogens (tertiary/aromatic N) is 5. The molecule has 0 bridgehead atoms. The highest BCUT2D eigenvalue weighted by atomic mass is 19.4. The Hall–Kier alpha value is -4.25. The zero-order chi connectivity index (χ0) is 29.9. The molecule has 0 radical (unpaired) electrons. The molecule has 0 aliphatic carbocycles. The zero-order valence-corrected chi connectivity index (χ0v) is 23.1. The van der Waals surface area contributed by atoms with Gasteiger partial charge in [-0.3, -0.25) is 14.3 Å². The van der Waals surface area contributed by atoms with E-state index < -0.39 is 40.9 Å². The molecule has 1 saturated heterocycles. The predicted molar refractivity (Wildman–Crippen MR) is 152 cm³/mol. The first kappa shape index (κ1) is 29.2. The molecule has 0 unspecified atom stereocenters. The molecule has 220 valence electrons. The van der Waals surface area contributed by atoms with E-state index in [-0.39, 0.29) is 18.3 Å². The van der Waals surface area contributed by atoms with Gasteiger partial charge in [-0.15, -0.1) is 5.10 Å². The topological polar surface area (TPSA) is 63.4 Å². The van der Waals surface area contributed by atoms with E-state index in [1.165, 1.54) is 0 Å². The monoisotopic (exact) mass is 581 g/mol. The van der Waals surface area contributed by atoms with Crippen molar-refractivity contribution in [2.75, 3.05) is 31.1 Å². The first-order chi connectivity index (χ1) is 20.1. The van der Waals surface area contributed by atoms with Gasteiger partial charge < -0.3 is 4.90 Å². The first-order valence-corrected chi connectivity index (χ1v) is 13.7. The zero-order valence-electron chi connectivity index (χ0n) is 23.1. The van der Waals surface area contributed by atoms with Gasteiger partial charge in [0, 0.05) is 44.8 Å². The van der Waals surface area contributed by atoms with Gasteiger partial charge in [0.25, 0.3) is 5.56 Å². The van der Waals surface area contributed by atoms with Gasteiger partial charge in [0.2, 0.25) is 5.82 Å². The number of hydrogen-bond acceptors (Lipinski definition) is 5. The summed E-state index contributed by atoms with van der Waals surface area (Å²) in [5, 5.41) is 4.25. The maximum Gasteiger partial charge on any atom is 0.416 e. The van der Waals surface area contributed by atoms with Crippen molar-refractivity contribution >= 4 is 5.82 Å². The normalized spacial score (nSPS) is 15.1. The Balaban J connectivity index is 1.50. The minimum atomic E-state index is -4.84. The van der Waals surface area contributed by atoms with Crippen LogP contribution in [0.2, 0.25) is 0 Å². The number of anilines is 1. The van der Waals surface area contributed by atoms with Gasteiger partial charge in [-0.1, -0.05) is 73.7 Å². The van der Waals surface area contributed by atoms with Crippen LogP contribution in [0.15, 0.2) is 88.5 Å². The summed E-state index contributed by atoms with van der Waals surface area (Å²) in [6, 6.07) is 21.9. The van der Waals surface area contributed by atoms with Crippen molar-refractivity contribution in [1.82, 2.24) is 19.2 Å². The summed E-state index contributed by atoms with van der Waals surface area (Å²) in [6.07, 6.45) is -4.84. The van der Waals surface area contributed by atoms with Crippen LogP contribution in [-0.4, -0.2) is 45.4 Å². The number of benzene rings is 3. The molecule has 0 N–H and O–H groups in total. The van der Waals surface area contributed by atoms with Crippen molar-refractivity contribution in [2.24, 2.45) is 0 Å². The summed E-state index contributed by atoms with van der Waals surface area (Å²) in [5.74, 6) is -1.41. The Morgan fingerprint density at radius 1 is 0.833 bits per heavy atom. The second-order valence-electron chi connectivity index (χ2n) is 10.5. The molecule has 1 fully saturated rings. The summed E-state index contributed by atoms with van der Waals surface area (Å²) in [7, 11) is 0. The fraction of sp³-hybridized carbons (Fsp3) is 0.323. The number of halogens is 4. The fourth-order valence-corrected chi connectivity index (χ4v) is 5.26. The van der Waals surface area contributed by atoms with Crippen LogP contribution in [0, 0.1) is 5.82 Å². The minimum absolute atomic E-state index is 0.0193. The molecule has 5 rings (SSSR count). The maximum absolute atomic E-state index is 14.8. The summed E-state index contributed by atoms with van der Waals surface area (Å²) < 4.78 is 57.8. The van der Waals surface area contributed by atoms with Crippen LogP contribution in [0.3, 0.4) is 0 Å². The Morgan fingerprint density at radius 2 is 1.48 bits per heavy atom. The van der Waals surface area contributed by atoms with Gasteiger partial charge >= 0.3 is 11.9 Å². The first-order valence-electron chi connectivity index (χ1n) is 13.7. The lowest BCUT2D eigenvalue weighted by Crippen LogP contribution is -2.51. The molecule has 42 heavy (non-hydrogen) atoms. The van der Waals surface area contributed by atoms with E-state index in [4.69, 9.17) is 0 Å². The van der Waals surface area contributed by atoms with Gasteiger partial charge in [-0.05, 0) is 29.2 Å². The van der Waals surface area contributed by atoms with Crippen molar-refractivity contribution in [3.05, 3.63) is 128 Å². The lowest BCUT2D eigenvalue weighted by molar-refractivity contribution is -0.138. The highest BCUT2D eigenvalue weighted by Gasteiger charge is 2.35. The molecule has 4 aromatic rings. The minimum Gasteiger partial charge on any atom is -0.348 e. The van der Waals surface area contributed by atoms with E-state index in [0.717, 1.165) is 45.1 Å². The van der Waals surface area contributed by atoms with Crippen LogP contribution in [-0.2, 0) is 25.8 Å². The number of alkyl halides is 3. The van der Waals surface area contributed by atoms with Gasteiger partial charge in [-0.2, -0.15) is 13.2 Å². The Labute approximate surface area is 240 Å². The molecule has 0 saturated carbocycles. The van der Waals surface area contributed by atoms with E-state index in [2.05, 4.69) is 10.00 Å². The van der Waals surface area contributed by atoms with Crippen LogP contribution in [0.5, 0.6) is 0 Å². The largest absolute Gasteiger partial charge is 0.416 e. The van der Waals surface area contributed by atoms with Crippen LogP contribution in [0.4, 0.5) is 23.4 Å². The molecular weight excluding hydrogens is 550 g/mol. The molecule has 1 aliphatic rings. The highest BCUT2D eigenvalue weighted by molar-refractivity contribution is 5.37. The number of aromatic nitrogens is 3. The molecule has 1 atom stereocenters. The second kappa shape index (κ2) is 12.3. The number of hydrogen-bond donors (Lipinski definition) is 0. The molecule has 7 nitrogen and oxygen atoms in total. The average Bonchev–Trinajstić information content (AvgIpc) is 2.98. The standard InChI is InChI=1S/C31H31F4N5O2/c1-22(24-11-6-3-7-12-24)19-39-29(41)28(38-17-15-37(16-18-38)20-23-9-4-2-5-10-23)36-40(30(39)42)21-25-26(31(33,34)35)13-8-14-27(25)32/h2-14,22H,15-21H2,1H3/t22-/m0/s1. The Morgan fingerprint density at radius 3 is 2.12 bits per heavy atom. The summed E-state index contributed by atoms with van der Waals surface area (Å²) in [5.41, 5.74) is -1.38. The third kappa shape index (κ3) is 6.46. The van der Waals surface area contributed by atoms with Crippen LogP contribution >= 0.6 is 0 Å². The van der Waals surface area contributed by atoms with Crippen molar-refractivity contribution in [3.8, 4) is 0 Å². The van der Waals surface area contributed by atoms with Crippen molar-refractivity contribution < 1.29 is 17.6 Å². The predicted octanol–water partition coefficient (Wildman–Crippen LogP) is 4.74. The number of piperazine rings is 1. The molecule has 1 aliphatic heterocycles. The summed E-state index contributed by atoms with van der Waals surface area (Å²) in [4.78, 5) is 31.2.